The summed E-state index contributed by atoms with van der Waals surface area (Å²) in [5, 5.41) is 3.14. The fourth-order valence-electron chi connectivity index (χ4n) is 1.51. The Morgan fingerprint density at radius 3 is 3.14 bits per heavy atom. The summed E-state index contributed by atoms with van der Waals surface area (Å²) in [6, 6.07) is 5.70. The summed E-state index contributed by atoms with van der Waals surface area (Å²) in [6.07, 6.45) is -0.565. The summed E-state index contributed by atoms with van der Waals surface area (Å²) >= 11 is 0. The van der Waals surface area contributed by atoms with Crippen molar-refractivity contribution >= 4 is 11.6 Å². The Morgan fingerprint density at radius 2 is 2.43 bits per heavy atom. The summed E-state index contributed by atoms with van der Waals surface area (Å²) in [4.78, 5) is 10.9. The number of nitrogens with two attached hydrogens (primary N) is 1. The van der Waals surface area contributed by atoms with Gasteiger partial charge >= 0.3 is 0 Å². The van der Waals surface area contributed by atoms with Crippen LogP contribution in [0.5, 0.6) is 5.75 Å². The maximum Gasteiger partial charge on any atom is 0.260 e. The standard InChI is InChI=1S/C10H12N2O2/c1-6-3-2-4-7-9(6)12-5-8(14-7)10(11)13/h2-4,8,12H,5H2,1H3,(H2,11,13). The van der Waals surface area contributed by atoms with E-state index in [1.165, 1.54) is 0 Å². The average Bonchev–Trinajstić information content (AvgIpc) is 2.17. The molecule has 1 aliphatic rings. The van der Waals surface area contributed by atoms with Crippen molar-refractivity contribution < 1.29 is 9.53 Å². The summed E-state index contributed by atoms with van der Waals surface area (Å²) in [6.45, 7) is 2.42. The zero-order valence-electron chi connectivity index (χ0n) is 7.91. The van der Waals surface area contributed by atoms with Gasteiger partial charge in [0.2, 0.25) is 0 Å². The number of primary amides is 1. The number of ether oxygens (including phenoxy) is 1. The quantitative estimate of drug-likeness (QED) is 0.686. The number of hydrogen-bond donors (Lipinski definition) is 2. The lowest BCUT2D eigenvalue weighted by atomic mass is 10.1. The third-order valence-corrected chi connectivity index (χ3v) is 2.29. The molecule has 0 spiro atoms. The van der Waals surface area contributed by atoms with Crippen molar-refractivity contribution in [2.45, 2.75) is 13.0 Å². The molecule has 4 nitrogen and oxygen atoms in total. The second-order valence-electron chi connectivity index (χ2n) is 3.34. The molecule has 1 amide bonds. The first-order valence-electron chi connectivity index (χ1n) is 4.48. The number of nitrogens with one attached hydrogen (secondary N) is 1. The molecular formula is C10H12N2O2. The molecule has 1 aromatic rings. The Morgan fingerprint density at radius 1 is 1.64 bits per heavy atom. The number of benzene rings is 1. The van der Waals surface area contributed by atoms with E-state index in [4.69, 9.17) is 10.5 Å². The van der Waals surface area contributed by atoms with Gasteiger partial charge in [-0.25, -0.2) is 0 Å². The number of hydrogen-bond acceptors (Lipinski definition) is 3. The van der Waals surface area contributed by atoms with E-state index in [-0.39, 0.29) is 0 Å². The maximum absolute atomic E-state index is 10.9. The summed E-state index contributed by atoms with van der Waals surface area (Å²) in [5.74, 6) is 0.254. The number of amides is 1. The fourth-order valence-corrected chi connectivity index (χ4v) is 1.51. The summed E-state index contributed by atoms with van der Waals surface area (Å²) in [7, 11) is 0. The molecule has 1 heterocycles. The molecule has 1 aliphatic heterocycles. The normalized spacial score (nSPS) is 19.1. The molecule has 4 heteroatoms. The highest BCUT2D eigenvalue weighted by Gasteiger charge is 2.24. The minimum atomic E-state index is -0.565. The molecule has 0 saturated heterocycles. The fraction of sp³-hybridized carbons (Fsp3) is 0.300. The van der Waals surface area contributed by atoms with Crippen molar-refractivity contribution in [3.05, 3.63) is 23.8 Å². The minimum absolute atomic E-state index is 0.438. The molecule has 1 unspecified atom stereocenters. The van der Waals surface area contributed by atoms with Gasteiger partial charge in [0.25, 0.3) is 5.91 Å². The minimum Gasteiger partial charge on any atom is -0.477 e. The van der Waals surface area contributed by atoms with Gasteiger partial charge in [-0.05, 0) is 18.6 Å². The first-order chi connectivity index (χ1) is 6.68. The van der Waals surface area contributed by atoms with E-state index in [9.17, 15) is 4.79 Å². The average molecular weight is 192 g/mol. The SMILES string of the molecule is Cc1cccc2c1NCC(C(N)=O)O2. The van der Waals surface area contributed by atoms with E-state index in [0.717, 1.165) is 11.3 Å². The molecule has 0 bridgehead atoms. The number of carbonyl (C=O) groups excluding carboxylic acids is 1. The molecule has 0 fully saturated rings. The van der Waals surface area contributed by atoms with Gasteiger partial charge in [-0.15, -0.1) is 0 Å². The Labute approximate surface area is 82.1 Å². The first kappa shape index (κ1) is 8.87. The molecule has 14 heavy (non-hydrogen) atoms. The van der Waals surface area contributed by atoms with E-state index in [0.29, 0.717) is 12.3 Å². The van der Waals surface area contributed by atoms with Crippen LogP contribution < -0.4 is 15.8 Å². The van der Waals surface area contributed by atoms with Crippen LogP contribution >= 0.6 is 0 Å². The lowest BCUT2D eigenvalue weighted by Crippen LogP contribution is -2.41. The number of anilines is 1. The molecule has 1 atom stereocenters. The predicted octanol–water partition coefficient (Wildman–Crippen LogP) is 0.653. The highest BCUT2D eigenvalue weighted by Crippen LogP contribution is 2.31. The lowest BCUT2D eigenvalue weighted by Gasteiger charge is -2.26. The van der Waals surface area contributed by atoms with Crippen LogP contribution in [-0.4, -0.2) is 18.6 Å². The molecule has 0 aromatic heterocycles. The number of rotatable bonds is 1. The molecule has 2 rings (SSSR count). The van der Waals surface area contributed by atoms with Gasteiger partial charge in [-0.1, -0.05) is 12.1 Å². The zero-order chi connectivity index (χ0) is 10.1. The van der Waals surface area contributed by atoms with Crippen LogP contribution in [0.1, 0.15) is 5.56 Å². The third kappa shape index (κ3) is 1.39. The van der Waals surface area contributed by atoms with Crippen LogP contribution in [0, 0.1) is 6.92 Å². The third-order valence-electron chi connectivity index (χ3n) is 2.29. The maximum atomic E-state index is 10.9. The summed E-state index contributed by atoms with van der Waals surface area (Å²) in [5.41, 5.74) is 7.21. The predicted molar refractivity (Wildman–Crippen MR) is 53.3 cm³/mol. The van der Waals surface area contributed by atoms with E-state index in [2.05, 4.69) is 5.32 Å². The second kappa shape index (κ2) is 3.21. The van der Waals surface area contributed by atoms with Gasteiger partial charge in [0.1, 0.15) is 5.75 Å². The Hall–Kier alpha value is -1.71. The molecular weight excluding hydrogens is 180 g/mol. The monoisotopic (exact) mass is 192 g/mol. The molecule has 1 aromatic carbocycles. The molecule has 74 valence electrons. The zero-order valence-corrected chi connectivity index (χ0v) is 7.91. The first-order valence-corrected chi connectivity index (χ1v) is 4.48. The largest absolute Gasteiger partial charge is 0.477 e. The van der Waals surface area contributed by atoms with Gasteiger partial charge in [-0.3, -0.25) is 4.79 Å². The van der Waals surface area contributed by atoms with Gasteiger partial charge in [0, 0.05) is 0 Å². The van der Waals surface area contributed by atoms with Crippen LogP contribution in [0.25, 0.3) is 0 Å². The number of carbonyl (C=O) groups is 1. The number of aryl methyl sites for hydroxylation is 1. The van der Waals surface area contributed by atoms with Crippen molar-refractivity contribution in [2.75, 3.05) is 11.9 Å². The summed E-state index contributed by atoms with van der Waals surface area (Å²) < 4.78 is 5.44. The van der Waals surface area contributed by atoms with E-state index >= 15 is 0 Å². The van der Waals surface area contributed by atoms with Gasteiger partial charge < -0.3 is 15.8 Å². The Balaban J connectivity index is 2.31. The highest BCUT2D eigenvalue weighted by atomic mass is 16.5. The Kier molecular flexibility index (Phi) is 2.04. The second-order valence-corrected chi connectivity index (χ2v) is 3.34. The Bertz CT molecular complexity index is 376. The van der Waals surface area contributed by atoms with E-state index in [1.54, 1.807) is 0 Å². The lowest BCUT2D eigenvalue weighted by molar-refractivity contribution is -0.124. The van der Waals surface area contributed by atoms with Crippen molar-refractivity contribution in [1.82, 2.24) is 0 Å². The van der Waals surface area contributed by atoms with Crippen LogP contribution in [0.2, 0.25) is 0 Å². The van der Waals surface area contributed by atoms with Gasteiger partial charge in [0.05, 0.1) is 12.2 Å². The van der Waals surface area contributed by atoms with Crippen molar-refractivity contribution in [2.24, 2.45) is 5.73 Å². The van der Waals surface area contributed by atoms with E-state index in [1.807, 2.05) is 25.1 Å². The molecule has 0 saturated carbocycles. The topological polar surface area (TPSA) is 64.3 Å². The van der Waals surface area contributed by atoms with Crippen LogP contribution in [-0.2, 0) is 4.79 Å². The molecule has 3 N–H and O–H groups in total. The number of fused-ring (bicyclic) bond motifs is 1. The van der Waals surface area contributed by atoms with Crippen LogP contribution in [0.3, 0.4) is 0 Å². The van der Waals surface area contributed by atoms with Crippen LogP contribution in [0.15, 0.2) is 18.2 Å². The smallest absolute Gasteiger partial charge is 0.260 e. The van der Waals surface area contributed by atoms with Gasteiger partial charge in [-0.2, -0.15) is 0 Å². The van der Waals surface area contributed by atoms with Crippen molar-refractivity contribution in [1.29, 1.82) is 0 Å². The van der Waals surface area contributed by atoms with Crippen molar-refractivity contribution in [3.8, 4) is 5.75 Å². The number of para-hydroxylation sites is 1. The molecule has 0 radical (unpaired) electrons. The van der Waals surface area contributed by atoms with Crippen molar-refractivity contribution in [3.63, 3.8) is 0 Å². The van der Waals surface area contributed by atoms with Crippen LogP contribution in [0.4, 0.5) is 5.69 Å². The highest BCUT2D eigenvalue weighted by molar-refractivity contribution is 5.81. The van der Waals surface area contributed by atoms with Gasteiger partial charge in [0.15, 0.2) is 6.10 Å². The van der Waals surface area contributed by atoms with E-state index < -0.39 is 12.0 Å². The molecule has 0 aliphatic carbocycles.